The number of hydrogen-bond donors (Lipinski definition) is 4. The predicted molar refractivity (Wildman–Crippen MR) is 79.9 cm³/mol. The second-order valence-electron chi connectivity index (χ2n) is 3.43. The van der Waals surface area contributed by atoms with Crippen LogP contribution >= 0.6 is 37.9 Å². The van der Waals surface area contributed by atoms with E-state index >= 15 is 0 Å². The van der Waals surface area contributed by atoms with Crippen molar-refractivity contribution in [1.82, 2.24) is 5.32 Å². The minimum absolute atomic E-state index is 0.149. The molecule has 0 aliphatic heterocycles. The van der Waals surface area contributed by atoms with E-state index < -0.39 is 17.3 Å². The highest BCUT2D eigenvalue weighted by Crippen LogP contribution is 2.04. The molecular formula is C10H19NO4S3. The first kappa shape index (κ1) is 17.9. The molecule has 1 N–H and O–H groups in total. The van der Waals surface area contributed by atoms with Crippen molar-refractivity contribution in [2.45, 2.75) is 17.7 Å². The minimum atomic E-state index is -0.771. The van der Waals surface area contributed by atoms with Crippen molar-refractivity contribution in [3.63, 3.8) is 0 Å². The first-order chi connectivity index (χ1) is 8.56. The van der Waals surface area contributed by atoms with Crippen LogP contribution in [0.1, 0.15) is 6.42 Å². The van der Waals surface area contributed by atoms with Crippen molar-refractivity contribution >= 4 is 49.8 Å². The molecule has 0 aromatic heterocycles. The lowest BCUT2D eigenvalue weighted by molar-refractivity contribution is -0.148. The lowest BCUT2D eigenvalue weighted by Crippen LogP contribution is -2.46. The first-order valence-electron chi connectivity index (χ1n) is 5.42. The molecule has 0 saturated carbocycles. The van der Waals surface area contributed by atoms with Crippen molar-refractivity contribution in [3.8, 4) is 0 Å². The molecule has 0 radical (unpaired) electrons. The molecule has 2 atom stereocenters. The van der Waals surface area contributed by atoms with Gasteiger partial charge in [-0.25, -0.2) is 4.79 Å². The van der Waals surface area contributed by atoms with Gasteiger partial charge in [0.2, 0.25) is 5.91 Å². The Balaban J connectivity index is 4.16. The Labute approximate surface area is 124 Å². The molecule has 0 spiro atoms. The van der Waals surface area contributed by atoms with E-state index in [4.69, 9.17) is 9.47 Å². The summed E-state index contributed by atoms with van der Waals surface area (Å²) < 4.78 is 9.66. The van der Waals surface area contributed by atoms with Crippen LogP contribution in [-0.4, -0.2) is 55.0 Å². The minimum Gasteiger partial charge on any atom is -0.462 e. The number of ether oxygens (including phenoxy) is 2. The molecular weight excluding hydrogens is 294 g/mol. The number of rotatable bonds is 9. The third-order valence-electron chi connectivity index (χ3n) is 2.02. The Morgan fingerprint density at radius 1 is 1.28 bits per heavy atom. The molecule has 2 unspecified atom stereocenters. The molecule has 8 heteroatoms. The quantitative estimate of drug-likeness (QED) is 0.279. The van der Waals surface area contributed by atoms with Gasteiger partial charge in [-0.3, -0.25) is 4.79 Å². The molecule has 0 aliphatic carbocycles. The fourth-order valence-corrected chi connectivity index (χ4v) is 1.93. The molecule has 0 aromatic carbocycles. The highest BCUT2D eigenvalue weighted by molar-refractivity contribution is 7.82. The maximum Gasteiger partial charge on any atom is 0.329 e. The van der Waals surface area contributed by atoms with Crippen molar-refractivity contribution in [2.24, 2.45) is 0 Å². The van der Waals surface area contributed by atoms with Crippen LogP contribution in [0.5, 0.6) is 0 Å². The molecule has 5 nitrogen and oxygen atoms in total. The van der Waals surface area contributed by atoms with Gasteiger partial charge < -0.3 is 14.8 Å². The number of carbonyl (C=O) groups is 2. The van der Waals surface area contributed by atoms with Gasteiger partial charge in [-0.1, -0.05) is 0 Å². The summed E-state index contributed by atoms with van der Waals surface area (Å²) in [7, 11) is 1.51. The predicted octanol–water partition coefficient (Wildman–Crippen LogP) is 0.209. The molecule has 0 rings (SSSR count). The van der Waals surface area contributed by atoms with Crippen molar-refractivity contribution < 1.29 is 19.1 Å². The second kappa shape index (κ2) is 10.8. The van der Waals surface area contributed by atoms with Crippen LogP contribution < -0.4 is 5.32 Å². The molecule has 0 heterocycles. The Morgan fingerprint density at radius 3 is 2.44 bits per heavy atom. The largest absolute Gasteiger partial charge is 0.462 e. The number of carbonyl (C=O) groups excluding carboxylic acids is 2. The van der Waals surface area contributed by atoms with Gasteiger partial charge in [0.15, 0.2) is 0 Å². The zero-order valence-corrected chi connectivity index (χ0v) is 12.8. The molecule has 1 amide bonds. The fourth-order valence-electron chi connectivity index (χ4n) is 1.03. The number of thiol groups is 3. The highest BCUT2D eigenvalue weighted by Gasteiger charge is 2.23. The summed E-state index contributed by atoms with van der Waals surface area (Å²) in [4.78, 5) is 23.2. The monoisotopic (exact) mass is 313 g/mol. The van der Waals surface area contributed by atoms with E-state index in [1.165, 1.54) is 7.11 Å². The zero-order chi connectivity index (χ0) is 14.0. The average Bonchev–Trinajstić information content (AvgIpc) is 2.35. The van der Waals surface area contributed by atoms with Crippen LogP contribution in [0.25, 0.3) is 0 Å². The van der Waals surface area contributed by atoms with E-state index in [-0.39, 0.29) is 18.3 Å². The van der Waals surface area contributed by atoms with E-state index in [2.05, 4.69) is 43.2 Å². The Bertz CT molecular complexity index is 266. The van der Waals surface area contributed by atoms with Gasteiger partial charge in [0.25, 0.3) is 0 Å². The molecule has 0 saturated heterocycles. The Kier molecular flexibility index (Phi) is 10.8. The van der Waals surface area contributed by atoms with Gasteiger partial charge in [0, 0.05) is 12.9 Å². The number of methoxy groups -OCH3 is 1. The highest BCUT2D eigenvalue weighted by atomic mass is 32.1. The SMILES string of the molecule is COCCOC(=O)C(CS)NC(=O)C(S)CCS. The van der Waals surface area contributed by atoms with Crippen molar-refractivity contribution in [2.75, 3.05) is 31.8 Å². The molecule has 0 fully saturated rings. The third-order valence-corrected chi connectivity index (χ3v) is 3.14. The smallest absolute Gasteiger partial charge is 0.329 e. The molecule has 0 aliphatic rings. The summed E-state index contributed by atoms with van der Waals surface area (Å²) in [6.45, 7) is 0.463. The second-order valence-corrected chi connectivity index (χ2v) is 4.87. The van der Waals surface area contributed by atoms with Crippen LogP contribution in [0, 0.1) is 0 Å². The zero-order valence-electron chi connectivity index (χ0n) is 10.2. The van der Waals surface area contributed by atoms with Gasteiger partial charge in [-0.2, -0.15) is 37.9 Å². The van der Waals surface area contributed by atoms with Crippen LogP contribution in [0.2, 0.25) is 0 Å². The lowest BCUT2D eigenvalue weighted by atomic mass is 10.2. The van der Waals surface area contributed by atoms with Gasteiger partial charge in [-0.15, -0.1) is 0 Å². The van der Waals surface area contributed by atoms with Gasteiger partial charge in [-0.05, 0) is 12.2 Å². The number of esters is 1. The lowest BCUT2D eigenvalue weighted by Gasteiger charge is -2.17. The van der Waals surface area contributed by atoms with Crippen molar-refractivity contribution in [3.05, 3.63) is 0 Å². The maximum atomic E-state index is 11.6. The number of amides is 1. The van der Waals surface area contributed by atoms with E-state index in [0.29, 0.717) is 18.8 Å². The third kappa shape index (κ3) is 7.40. The number of nitrogens with one attached hydrogen (secondary N) is 1. The Hall–Kier alpha value is -0.0500. The van der Waals surface area contributed by atoms with Gasteiger partial charge in [0.1, 0.15) is 12.6 Å². The van der Waals surface area contributed by atoms with E-state index in [9.17, 15) is 9.59 Å². The molecule has 106 valence electrons. The fraction of sp³-hybridized carbons (Fsp3) is 0.800. The van der Waals surface area contributed by atoms with Crippen LogP contribution in [0.15, 0.2) is 0 Å². The van der Waals surface area contributed by atoms with Crippen LogP contribution in [0.4, 0.5) is 0 Å². The van der Waals surface area contributed by atoms with Gasteiger partial charge >= 0.3 is 5.97 Å². The molecule has 0 bridgehead atoms. The standard InChI is InChI=1S/C10H19NO4S3/c1-14-3-4-15-10(13)7(6-17)11-9(12)8(18)2-5-16/h7-8,16-18H,2-6H2,1H3,(H,11,12). The van der Waals surface area contributed by atoms with Gasteiger partial charge in [0.05, 0.1) is 11.9 Å². The summed E-state index contributed by atoms with van der Waals surface area (Å²) in [6.07, 6.45) is 0.524. The van der Waals surface area contributed by atoms with E-state index in [1.807, 2.05) is 0 Å². The van der Waals surface area contributed by atoms with Crippen molar-refractivity contribution in [1.29, 1.82) is 0 Å². The van der Waals surface area contributed by atoms with Crippen LogP contribution in [-0.2, 0) is 19.1 Å². The summed E-state index contributed by atoms with van der Waals surface area (Å²) in [6, 6.07) is -0.771. The van der Waals surface area contributed by atoms with E-state index in [1.54, 1.807) is 0 Å². The normalized spacial score (nSPS) is 13.8. The number of hydrogen-bond acceptors (Lipinski definition) is 7. The summed E-state index contributed by atoms with van der Waals surface area (Å²) in [5.41, 5.74) is 0. The topological polar surface area (TPSA) is 64.6 Å². The maximum absolute atomic E-state index is 11.6. The summed E-state index contributed by atoms with van der Waals surface area (Å²) in [5, 5.41) is 2.05. The molecule has 18 heavy (non-hydrogen) atoms. The van der Waals surface area contributed by atoms with E-state index in [0.717, 1.165) is 0 Å². The first-order valence-corrected chi connectivity index (χ1v) is 7.20. The van der Waals surface area contributed by atoms with Crippen LogP contribution in [0.3, 0.4) is 0 Å². The summed E-state index contributed by atoms with van der Waals surface area (Å²) in [5.74, 6) is -0.137. The Morgan fingerprint density at radius 2 is 1.94 bits per heavy atom. The molecule has 0 aromatic rings. The summed E-state index contributed by atoms with van der Waals surface area (Å²) >= 11 is 12.1. The average molecular weight is 313 g/mol.